The molecule has 0 spiro atoms. The van der Waals surface area contributed by atoms with Crippen molar-refractivity contribution in [3.63, 3.8) is 0 Å². The fourth-order valence-corrected chi connectivity index (χ4v) is 3.47. The van der Waals surface area contributed by atoms with Crippen molar-refractivity contribution in [2.24, 2.45) is 0 Å². The lowest BCUT2D eigenvalue weighted by Gasteiger charge is -2.37. The molecular weight excluding hydrogens is 348 g/mol. The van der Waals surface area contributed by atoms with Gasteiger partial charge in [0.15, 0.2) is 6.10 Å². The molecule has 5 heteroatoms. The van der Waals surface area contributed by atoms with Crippen LogP contribution < -0.4 is 9.64 Å². The van der Waals surface area contributed by atoms with Gasteiger partial charge in [-0.3, -0.25) is 4.79 Å². The lowest BCUT2D eigenvalue weighted by atomic mass is 10.1. The van der Waals surface area contributed by atoms with Crippen LogP contribution in [0.15, 0.2) is 42.5 Å². The van der Waals surface area contributed by atoms with E-state index in [0.29, 0.717) is 13.1 Å². The third-order valence-electron chi connectivity index (χ3n) is 4.75. The zero-order chi connectivity index (χ0) is 18.7. The number of rotatable bonds is 4. The van der Waals surface area contributed by atoms with Gasteiger partial charge in [0.1, 0.15) is 5.75 Å². The first-order valence-electron chi connectivity index (χ1n) is 8.97. The number of carbonyl (C=O) groups is 1. The van der Waals surface area contributed by atoms with Crippen molar-refractivity contribution in [3.05, 3.63) is 58.6 Å². The van der Waals surface area contributed by atoms with E-state index in [1.165, 1.54) is 5.56 Å². The second-order valence-corrected chi connectivity index (χ2v) is 7.26. The number of piperazine rings is 1. The maximum Gasteiger partial charge on any atom is 0.263 e. The standard InChI is InChI=1S/C21H25ClN2O2/c1-15-7-8-20(16(2)13-15)26-17(3)21(25)24-11-9-23(10-12-24)19-6-4-5-18(22)14-19/h4-8,13-14,17H,9-12H2,1-3H3/t17-/m0/s1. The minimum absolute atomic E-state index is 0.0377. The number of benzene rings is 2. The number of amides is 1. The van der Waals surface area contributed by atoms with E-state index in [1.54, 1.807) is 0 Å². The van der Waals surface area contributed by atoms with Gasteiger partial charge in [0.05, 0.1) is 0 Å². The molecule has 0 aliphatic carbocycles. The first-order chi connectivity index (χ1) is 12.4. The molecule has 0 unspecified atom stereocenters. The van der Waals surface area contributed by atoms with Gasteiger partial charge in [0, 0.05) is 36.9 Å². The quantitative estimate of drug-likeness (QED) is 0.810. The monoisotopic (exact) mass is 372 g/mol. The zero-order valence-corrected chi connectivity index (χ0v) is 16.3. The fraction of sp³-hybridized carbons (Fsp3) is 0.381. The highest BCUT2D eigenvalue weighted by atomic mass is 35.5. The molecule has 0 bridgehead atoms. The maximum atomic E-state index is 12.7. The number of carbonyl (C=O) groups excluding carboxylic acids is 1. The molecule has 1 amide bonds. The Hall–Kier alpha value is -2.20. The van der Waals surface area contributed by atoms with Crippen LogP contribution in [-0.2, 0) is 4.79 Å². The third kappa shape index (κ3) is 4.31. The summed E-state index contributed by atoms with van der Waals surface area (Å²) in [7, 11) is 0. The Morgan fingerprint density at radius 2 is 1.81 bits per heavy atom. The van der Waals surface area contributed by atoms with Crippen molar-refractivity contribution in [3.8, 4) is 5.75 Å². The lowest BCUT2D eigenvalue weighted by Crippen LogP contribution is -2.52. The molecule has 1 atom stereocenters. The minimum atomic E-state index is -0.492. The summed E-state index contributed by atoms with van der Waals surface area (Å²) in [6, 6.07) is 13.8. The number of hydrogen-bond acceptors (Lipinski definition) is 3. The molecule has 0 aromatic heterocycles. The minimum Gasteiger partial charge on any atom is -0.481 e. The van der Waals surface area contributed by atoms with E-state index >= 15 is 0 Å². The van der Waals surface area contributed by atoms with Crippen LogP contribution in [0.25, 0.3) is 0 Å². The molecule has 26 heavy (non-hydrogen) atoms. The smallest absolute Gasteiger partial charge is 0.263 e. The van der Waals surface area contributed by atoms with Crippen molar-refractivity contribution < 1.29 is 9.53 Å². The molecule has 1 fully saturated rings. The Bertz CT molecular complexity index is 785. The molecule has 1 aliphatic heterocycles. The highest BCUT2D eigenvalue weighted by Gasteiger charge is 2.26. The number of ether oxygens (including phenoxy) is 1. The summed E-state index contributed by atoms with van der Waals surface area (Å²) in [5.41, 5.74) is 3.34. The summed E-state index contributed by atoms with van der Waals surface area (Å²) in [5, 5.41) is 0.733. The van der Waals surface area contributed by atoms with Crippen molar-refractivity contribution >= 4 is 23.2 Å². The SMILES string of the molecule is Cc1ccc(O[C@@H](C)C(=O)N2CCN(c3cccc(Cl)c3)CC2)c(C)c1. The van der Waals surface area contributed by atoms with Gasteiger partial charge in [-0.2, -0.15) is 0 Å². The van der Waals surface area contributed by atoms with Crippen LogP contribution in [0.2, 0.25) is 5.02 Å². The molecule has 3 rings (SSSR count). The van der Waals surface area contributed by atoms with Gasteiger partial charge in [-0.25, -0.2) is 0 Å². The number of hydrogen-bond donors (Lipinski definition) is 0. The largest absolute Gasteiger partial charge is 0.481 e. The molecule has 0 saturated carbocycles. The van der Waals surface area contributed by atoms with Gasteiger partial charge in [0.2, 0.25) is 0 Å². The van der Waals surface area contributed by atoms with Gasteiger partial charge in [-0.05, 0) is 50.6 Å². The van der Waals surface area contributed by atoms with Crippen molar-refractivity contribution in [1.29, 1.82) is 0 Å². The summed E-state index contributed by atoms with van der Waals surface area (Å²) in [5.74, 6) is 0.810. The number of anilines is 1. The van der Waals surface area contributed by atoms with Gasteiger partial charge >= 0.3 is 0 Å². The predicted octanol–water partition coefficient (Wildman–Crippen LogP) is 4.07. The Kier molecular flexibility index (Phi) is 5.72. The lowest BCUT2D eigenvalue weighted by molar-refractivity contribution is -0.138. The van der Waals surface area contributed by atoms with Crippen LogP contribution in [0.5, 0.6) is 5.75 Å². The first-order valence-corrected chi connectivity index (χ1v) is 9.35. The highest BCUT2D eigenvalue weighted by molar-refractivity contribution is 6.30. The van der Waals surface area contributed by atoms with E-state index in [4.69, 9.17) is 16.3 Å². The van der Waals surface area contributed by atoms with Gasteiger partial charge < -0.3 is 14.5 Å². The van der Waals surface area contributed by atoms with Gasteiger partial charge in [0.25, 0.3) is 5.91 Å². The second-order valence-electron chi connectivity index (χ2n) is 6.82. The third-order valence-corrected chi connectivity index (χ3v) is 4.98. The fourth-order valence-electron chi connectivity index (χ4n) is 3.29. The van der Waals surface area contributed by atoms with Crippen molar-refractivity contribution in [1.82, 2.24) is 4.90 Å². The molecule has 138 valence electrons. The average Bonchev–Trinajstić information content (AvgIpc) is 2.63. The van der Waals surface area contributed by atoms with E-state index < -0.39 is 6.10 Å². The molecule has 1 saturated heterocycles. The zero-order valence-electron chi connectivity index (χ0n) is 15.5. The molecule has 0 radical (unpaired) electrons. The van der Waals surface area contributed by atoms with Crippen molar-refractivity contribution in [2.45, 2.75) is 26.9 Å². The maximum absolute atomic E-state index is 12.7. The van der Waals surface area contributed by atoms with Crippen LogP contribution in [0.4, 0.5) is 5.69 Å². The van der Waals surface area contributed by atoms with Crippen molar-refractivity contribution in [2.75, 3.05) is 31.1 Å². The topological polar surface area (TPSA) is 32.8 Å². The summed E-state index contributed by atoms with van der Waals surface area (Å²) < 4.78 is 5.92. The van der Waals surface area contributed by atoms with Gasteiger partial charge in [-0.15, -0.1) is 0 Å². The Balaban J connectivity index is 1.57. The average molecular weight is 373 g/mol. The van der Waals surface area contributed by atoms with Crippen LogP contribution in [0.1, 0.15) is 18.1 Å². The van der Waals surface area contributed by atoms with E-state index in [1.807, 2.05) is 56.0 Å². The first kappa shape index (κ1) is 18.6. The van der Waals surface area contributed by atoms with E-state index in [0.717, 1.165) is 35.1 Å². The van der Waals surface area contributed by atoms with Gasteiger partial charge in [-0.1, -0.05) is 35.4 Å². The predicted molar refractivity (Wildman–Crippen MR) is 106 cm³/mol. The van der Waals surface area contributed by atoms with E-state index in [-0.39, 0.29) is 5.91 Å². The highest BCUT2D eigenvalue weighted by Crippen LogP contribution is 2.23. The van der Waals surface area contributed by atoms with Crippen LogP contribution in [0.3, 0.4) is 0 Å². The normalized spacial score (nSPS) is 15.7. The Morgan fingerprint density at radius 1 is 1.08 bits per heavy atom. The molecule has 0 N–H and O–H groups in total. The molecule has 4 nitrogen and oxygen atoms in total. The summed E-state index contributed by atoms with van der Waals surface area (Å²) in [6.07, 6.45) is -0.492. The van der Waals surface area contributed by atoms with E-state index in [2.05, 4.69) is 17.0 Å². The second kappa shape index (κ2) is 8.00. The number of halogens is 1. The van der Waals surface area contributed by atoms with Crippen LogP contribution in [-0.4, -0.2) is 43.1 Å². The number of nitrogens with zero attached hydrogens (tertiary/aromatic N) is 2. The summed E-state index contributed by atoms with van der Waals surface area (Å²) in [6.45, 7) is 8.83. The van der Waals surface area contributed by atoms with E-state index in [9.17, 15) is 4.79 Å². The Morgan fingerprint density at radius 3 is 2.46 bits per heavy atom. The van der Waals surface area contributed by atoms with Crippen LogP contribution >= 0.6 is 11.6 Å². The van der Waals surface area contributed by atoms with Crippen LogP contribution in [0, 0.1) is 13.8 Å². The molecule has 2 aromatic carbocycles. The molecule has 1 aliphatic rings. The summed E-state index contributed by atoms with van der Waals surface area (Å²) >= 11 is 6.08. The number of aryl methyl sites for hydroxylation is 2. The molecule has 2 aromatic rings. The molecular formula is C21H25ClN2O2. The molecule has 1 heterocycles. The summed E-state index contributed by atoms with van der Waals surface area (Å²) in [4.78, 5) is 16.9. The Labute approximate surface area is 160 Å².